The van der Waals surface area contributed by atoms with Crippen molar-refractivity contribution in [3.05, 3.63) is 64.1 Å². The van der Waals surface area contributed by atoms with Gasteiger partial charge in [-0.2, -0.15) is 0 Å². The molecule has 4 heteroatoms. The minimum absolute atomic E-state index is 0.0129. The van der Waals surface area contributed by atoms with Crippen molar-refractivity contribution in [3.8, 4) is 5.75 Å². The smallest absolute Gasteiger partial charge is 0.255 e. The summed E-state index contributed by atoms with van der Waals surface area (Å²) in [6.07, 6.45) is 2.76. The van der Waals surface area contributed by atoms with Crippen molar-refractivity contribution >= 4 is 0 Å². The van der Waals surface area contributed by atoms with Gasteiger partial charge in [-0.15, -0.1) is 0 Å². The van der Waals surface area contributed by atoms with Gasteiger partial charge in [0.25, 0.3) is 5.56 Å². The summed E-state index contributed by atoms with van der Waals surface area (Å²) in [6, 6.07) is 11.7. The highest BCUT2D eigenvalue weighted by Gasteiger charge is 2.21. The van der Waals surface area contributed by atoms with E-state index in [4.69, 9.17) is 10.5 Å². The first-order valence-electron chi connectivity index (χ1n) is 6.89. The number of hydrogen-bond acceptors (Lipinski definition) is 3. The molecule has 0 radical (unpaired) electrons. The van der Waals surface area contributed by atoms with Crippen LogP contribution >= 0.6 is 0 Å². The first-order chi connectivity index (χ1) is 9.79. The monoisotopic (exact) mass is 270 g/mol. The standard InChI is InChI=1S/C16H18N2O2/c17-10-12-4-3-8-18(16(12)19)11-13-7-9-20-15-6-2-1-5-14(13)15/h1-6,8,13H,7,9-11,17H2. The molecular weight excluding hydrogens is 252 g/mol. The van der Waals surface area contributed by atoms with E-state index in [-0.39, 0.29) is 12.1 Å². The molecule has 1 aliphatic heterocycles. The van der Waals surface area contributed by atoms with Gasteiger partial charge >= 0.3 is 0 Å². The SMILES string of the molecule is NCc1cccn(CC2CCOc3ccccc32)c1=O. The Labute approximate surface area is 117 Å². The summed E-state index contributed by atoms with van der Waals surface area (Å²) in [7, 11) is 0. The number of rotatable bonds is 3. The molecule has 0 bridgehead atoms. The third kappa shape index (κ3) is 2.34. The molecule has 0 saturated carbocycles. The zero-order chi connectivity index (χ0) is 13.9. The molecule has 0 aliphatic carbocycles. The lowest BCUT2D eigenvalue weighted by atomic mass is 9.93. The molecule has 2 heterocycles. The lowest BCUT2D eigenvalue weighted by molar-refractivity contribution is 0.258. The quantitative estimate of drug-likeness (QED) is 0.926. The Morgan fingerprint density at radius 1 is 1.25 bits per heavy atom. The highest BCUT2D eigenvalue weighted by atomic mass is 16.5. The van der Waals surface area contributed by atoms with Crippen LogP contribution in [0.15, 0.2) is 47.4 Å². The highest BCUT2D eigenvalue weighted by Crippen LogP contribution is 2.34. The van der Waals surface area contributed by atoms with E-state index in [0.29, 0.717) is 24.6 Å². The van der Waals surface area contributed by atoms with E-state index in [1.807, 2.05) is 30.5 Å². The summed E-state index contributed by atoms with van der Waals surface area (Å²) in [4.78, 5) is 12.2. The Morgan fingerprint density at radius 3 is 2.95 bits per heavy atom. The fraction of sp³-hybridized carbons (Fsp3) is 0.312. The largest absolute Gasteiger partial charge is 0.493 e. The Kier molecular flexibility index (Phi) is 3.56. The Morgan fingerprint density at radius 2 is 2.10 bits per heavy atom. The van der Waals surface area contributed by atoms with Crippen molar-refractivity contribution in [1.82, 2.24) is 4.57 Å². The fourth-order valence-corrected chi connectivity index (χ4v) is 2.73. The molecule has 20 heavy (non-hydrogen) atoms. The van der Waals surface area contributed by atoms with Gasteiger partial charge in [0.15, 0.2) is 0 Å². The average molecular weight is 270 g/mol. The van der Waals surface area contributed by atoms with Gasteiger partial charge in [-0.25, -0.2) is 0 Å². The van der Waals surface area contributed by atoms with Gasteiger partial charge in [0.05, 0.1) is 6.61 Å². The number of para-hydroxylation sites is 1. The molecule has 1 atom stereocenters. The van der Waals surface area contributed by atoms with E-state index in [2.05, 4.69) is 6.07 Å². The van der Waals surface area contributed by atoms with Gasteiger partial charge in [0.1, 0.15) is 5.75 Å². The minimum atomic E-state index is 0.0129. The number of nitrogens with two attached hydrogens (primary N) is 1. The van der Waals surface area contributed by atoms with Gasteiger partial charge in [0.2, 0.25) is 0 Å². The van der Waals surface area contributed by atoms with Crippen molar-refractivity contribution in [1.29, 1.82) is 0 Å². The molecule has 1 aromatic carbocycles. The molecule has 0 spiro atoms. The summed E-state index contributed by atoms with van der Waals surface area (Å²) >= 11 is 0. The number of hydrogen-bond donors (Lipinski definition) is 1. The van der Waals surface area contributed by atoms with Crippen molar-refractivity contribution in [2.45, 2.75) is 25.4 Å². The molecule has 2 aromatic rings. The fourth-order valence-electron chi connectivity index (χ4n) is 2.73. The molecule has 1 aromatic heterocycles. The molecule has 1 unspecified atom stereocenters. The number of pyridine rings is 1. The van der Waals surface area contributed by atoms with E-state index < -0.39 is 0 Å². The number of aromatic nitrogens is 1. The van der Waals surface area contributed by atoms with E-state index in [0.717, 1.165) is 12.2 Å². The second-order valence-electron chi connectivity index (χ2n) is 5.07. The number of benzene rings is 1. The first kappa shape index (κ1) is 12.9. The highest BCUT2D eigenvalue weighted by molar-refractivity contribution is 5.37. The van der Waals surface area contributed by atoms with Crippen LogP contribution in [0.3, 0.4) is 0 Å². The van der Waals surface area contributed by atoms with Crippen LogP contribution in [0.2, 0.25) is 0 Å². The van der Waals surface area contributed by atoms with E-state index in [1.54, 1.807) is 10.6 Å². The Bertz CT molecular complexity index is 664. The van der Waals surface area contributed by atoms with Gasteiger partial charge in [-0.3, -0.25) is 4.79 Å². The van der Waals surface area contributed by atoms with Crippen LogP contribution in [0.5, 0.6) is 5.75 Å². The predicted octanol–water partition coefficient (Wildman–Crippen LogP) is 1.87. The summed E-state index contributed by atoms with van der Waals surface area (Å²) in [6.45, 7) is 1.66. The van der Waals surface area contributed by atoms with E-state index >= 15 is 0 Å². The maximum atomic E-state index is 12.2. The van der Waals surface area contributed by atoms with Crippen LogP contribution in [0.1, 0.15) is 23.5 Å². The lowest BCUT2D eigenvalue weighted by Crippen LogP contribution is -2.28. The molecule has 1 aliphatic rings. The zero-order valence-corrected chi connectivity index (χ0v) is 11.3. The molecule has 0 fully saturated rings. The van der Waals surface area contributed by atoms with Crippen LogP contribution in [0.25, 0.3) is 0 Å². The normalized spacial score (nSPS) is 17.4. The molecule has 4 nitrogen and oxygen atoms in total. The number of nitrogens with zero attached hydrogens (tertiary/aromatic N) is 1. The van der Waals surface area contributed by atoms with Crippen molar-refractivity contribution in [3.63, 3.8) is 0 Å². The summed E-state index contributed by atoms with van der Waals surface area (Å²) in [5.74, 6) is 1.25. The minimum Gasteiger partial charge on any atom is -0.493 e. The number of fused-ring (bicyclic) bond motifs is 1. The van der Waals surface area contributed by atoms with Crippen LogP contribution in [0, 0.1) is 0 Å². The van der Waals surface area contributed by atoms with Gasteiger partial charge in [-0.05, 0) is 24.1 Å². The summed E-state index contributed by atoms with van der Waals surface area (Å²) in [5.41, 5.74) is 7.45. The Balaban J connectivity index is 1.92. The van der Waals surface area contributed by atoms with Crippen LogP contribution in [-0.4, -0.2) is 11.2 Å². The van der Waals surface area contributed by atoms with Crippen molar-refractivity contribution in [2.75, 3.05) is 6.61 Å². The van der Waals surface area contributed by atoms with Crippen molar-refractivity contribution < 1.29 is 4.74 Å². The molecule has 2 N–H and O–H groups in total. The van der Waals surface area contributed by atoms with Crippen LogP contribution in [-0.2, 0) is 13.1 Å². The van der Waals surface area contributed by atoms with Crippen LogP contribution in [0.4, 0.5) is 0 Å². The third-order valence-corrected chi connectivity index (χ3v) is 3.82. The van der Waals surface area contributed by atoms with Crippen molar-refractivity contribution in [2.24, 2.45) is 5.73 Å². The van der Waals surface area contributed by atoms with Gasteiger partial charge < -0.3 is 15.0 Å². The maximum Gasteiger partial charge on any atom is 0.255 e. The zero-order valence-electron chi connectivity index (χ0n) is 11.3. The molecule has 0 saturated heterocycles. The predicted molar refractivity (Wildman–Crippen MR) is 77.9 cm³/mol. The van der Waals surface area contributed by atoms with Gasteiger partial charge in [0, 0.05) is 30.8 Å². The second kappa shape index (κ2) is 5.51. The molecule has 3 rings (SSSR count). The maximum absolute atomic E-state index is 12.2. The molecular formula is C16H18N2O2. The van der Waals surface area contributed by atoms with E-state index in [1.165, 1.54) is 5.56 Å². The number of ether oxygens (including phenoxy) is 1. The molecule has 104 valence electrons. The molecule has 0 amide bonds. The average Bonchev–Trinajstić information content (AvgIpc) is 2.50. The van der Waals surface area contributed by atoms with Gasteiger partial charge in [-0.1, -0.05) is 24.3 Å². The third-order valence-electron chi connectivity index (χ3n) is 3.82. The topological polar surface area (TPSA) is 57.2 Å². The van der Waals surface area contributed by atoms with Crippen LogP contribution < -0.4 is 16.0 Å². The first-order valence-corrected chi connectivity index (χ1v) is 6.89. The lowest BCUT2D eigenvalue weighted by Gasteiger charge is -2.26. The summed E-state index contributed by atoms with van der Waals surface area (Å²) < 4.78 is 7.42. The second-order valence-corrected chi connectivity index (χ2v) is 5.07. The Hall–Kier alpha value is -2.07. The van der Waals surface area contributed by atoms with E-state index in [9.17, 15) is 4.79 Å². The summed E-state index contributed by atoms with van der Waals surface area (Å²) in [5, 5.41) is 0.